The van der Waals surface area contributed by atoms with E-state index in [2.05, 4.69) is 22.1 Å². The van der Waals surface area contributed by atoms with Gasteiger partial charge in [0.05, 0.1) is 5.69 Å². The largest absolute Gasteiger partial charge is 0.384 e. The molecule has 1 heterocycles. The van der Waals surface area contributed by atoms with Crippen molar-refractivity contribution >= 4 is 11.4 Å². The lowest BCUT2D eigenvalue weighted by Crippen LogP contribution is -2.02. The van der Waals surface area contributed by atoms with E-state index < -0.39 is 0 Å². The van der Waals surface area contributed by atoms with Crippen LogP contribution in [0, 0.1) is 0 Å². The molecular weight excluding hydrogens is 234 g/mol. The molecule has 0 atom stereocenters. The summed E-state index contributed by atoms with van der Waals surface area (Å²) in [6.07, 6.45) is 8.26. The van der Waals surface area contributed by atoms with Crippen LogP contribution < -0.4 is 5.73 Å². The third kappa shape index (κ3) is 2.55. The van der Waals surface area contributed by atoms with E-state index in [9.17, 15) is 0 Å². The van der Waals surface area contributed by atoms with Crippen molar-refractivity contribution in [2.24, 2.45) is 0 Å². The number of rotatable bonds is 2. The average Bonchev–Trinajstić information content (AvgIpc) is 2.48. The second-order valence-corrected chi connectivity index (χ2v) is 4.53. The fourth-order valence-corrected chi connectivity index (χ4v) is 2.16. The van der Waals surface area contributed by atoms with Gasteiger partial charge in [-0.1, -0.05) is 48.6 Å². The molecule has 0 fully saturated rings. The molecule has 1 aromatic heterocycles. The van der Waals surface area contributed by atoms with Crippen LogP contribution in [-0.2, 0) is 0 Å². The van der Waals surface area contributed by atoms with Crippen LogP contribution in [0.15, 0.2) is 54.6 Å². The number of allylic oxidation sites excluding steroid dienone is 4. The van der Waals surface area contributed by atoms with Crippen molar-refractivity contribution in [3.63, 3.8) is 0 Å². The van der Waals surface area contributed by atoms with Gasteiger partial charge in [0, 0.05) is 11.6 Å². The van der Waals surface area contributed by atoms with Crippen LogP contribution in [0.4, 0.5) is 5.82 Å². The molecule has 1 aliphatic carbocycles. The maximum absolute atomic E-state index is 5.91. The number of nitrogens with two attached hydrogens (primary N) is 1. The predicted octanol–water partition coefficient (Wildman–Crippen LogP) is 3.46. The highest BCUT2D eigenvalue weighted by atomic mass is 14.9. The summed E-state index contributed by atoms with van der Waals surface area (Å²) in [5, 5.41) is 0. The van der Waals surface area contributed by atoms with E-state index in [-0.39, 0.29) is 0 Å². The Morgan fingerprint density at radius 1 is 1.05 bits per heavy atom. The highest BCUT2D eigenvalue weighted by Crippen LogP contribution is 2.25. The van der Waals surface area contributed by atoms with Gasteiger partial charge in [-0.2, -0.15) is 0 Å². The number of hydrogen-bond acceptors (Lipinski definition) is 3. The quantitative estimate of drug-likeness (QED) is 0.886. The number of benzene rings is 1. The Morgan fingerprint density at radius 2 is 1.89 bits per heavy atom. The molecule has 1 aliphatic rings. The molecule has 0 bridgehead atoms. The smallest absolute Gasteiger partial charge is 0.158 e. The van der Waals surface area contributed by atoms with Gasteiger partial charge >= 0.3 is 0 Å². The first kappa shape index (κ1) is 11.7. The van der Waals surface area contributed by atoms with Crippen molar-refractivity contribution < 1.29 is 0 Å². The van der Waals surface area contributed by atoms with Gasteiger partial charge in [-0.05, 0) is 18.4 Å². The summed E-state index contributed by atoms with van der Waals surface area (Å²) in [7, 11) is 0. The Balaban J connectivity index is 2.06. The van der Waals surface area contributed by atoms with Crippen LogP contribution in [0.5, 0.6) is 0 Å². The number of anilines is 1. The SMILES string of the molecule is Nc1cc(-c2ccccc2)nc(C2=CC=CCC2)n1. The summed E-state index contributed by atoms with van der Waals surface area (Å²) in [5.41, 5.74) is 8.99. The Bertz CT molecular complexity index is 642. The van der Waals surface area contributed by atoms with E-state index in [1.54, 1.807) is 0 Å². The first-order valence-corrected chi connectivity index (χ1v) is 6.39. The number of aromatic nitrogens is 2. The molecule has 3 heteroatoms. The second kappa shape index (κ2) is 5.06. The van der Waals surface area contributed by atoms with Gasteiger partial charge in [0.15, 0.2) is 5.82 Å². The van der Waals surface area contributed by atoms with Crippen LogP contribution in [0.1, 0.15) is 18.7 Å². The molecule has 2 aromatic rings. The molecule has 2 N–H and O–H groups in total. The Hall–Kier alpha value is -2.42. The summed E-state index contributed by atoms with van der Waals surface area (Å²) in [4.78, 5) is 8.98. The van der Waals surface area contributed by atoms with E-state index in [1.165, 1.54) is 0 Å². The lowest BCUT2D eigenvalue weighted by Gasteiger charge is -2.10. The number of hydrogen-bond donors (Lipinski definition) is 1. The van der Waals surface area contributed by atoms with Crippen molar-refractivity contribution in [3.05, 3.63) is 60.5 Å². The maximum atomic E-state index is 5.91. The zero-order valence-corrected chi connectivity index (χ0v) is 10.6. The van der Waals surface area contributed by atoms with Crippen molar-refractivity contribution in [1.29, 1.82) is 0 Å². The standard InChI is InChI=1S/C16H15N3/c17-15-11-14(12-7-3-1-4-8-12)18-16(19-15)13-9-5-2-6-10-13/h1-5,7-9,11H,6,10H2,(H2,17,18,19). The lowest BCUT2D eigenvalue weighted by molar-refractivity contribution is 1.01. The van der Waals surface area contributed by atoms with Gasteiger partial charge in [0.25, 0.3) is 0 Å². The van der Waals surface area contributed by atoms with Crippen molar-refractivity contribution in [1.82, 2.24) is 9.97 Å². The van der Waals surface area contributed by atoms with Crippen molar-refractivity contribution in [2.45, 2.75) is 12.8 Å². The molecule has 3 rings (SSSR count). The molecule has 0 spiro atoms. The third-order valence-electron chi connectivity index (χ3n) is 3.12. The fraction of sp³-hybridized carbons (Fsp3) is 0.125. The van der Waals surface area contributed by atoms with Crippen LogP contribution >= 0.6 is 0 Å². The lowest BCUT2D eigenvalue weighted by atomic mass is 10.0. The predicted molar refractivity (Wildman–Crippen MR) is 78.2 cm³/mol. The van der Waals surface area contributed by atoms with Gasteiger partial charge in [-0.15, -0.1) is 0 Å². The molecule has 0 radical (unpaired) electrons. The number of nitrogen functional groups attached to an aromatic ring is 1. The maximum Gasteiger partial charge on any atom is 0.158 e. The highest BCUT2D eigenvalue weighted by Gasteiger charge is 2.10. The second-order valence-electron chi connectivity index (χ2n) is 4.53. The molecule has 1 aromatic carbocycles. The first-order valence-electron chi connectivity index (χ1n) is 6.39. The normalized spacial score (nSPS) is 14.2. The minimum absolute atomic E-state index is 0.513. The minimum Gasteiger partial charge on any atom is -0.384 e. The van der Waals surface area contributed by atoms with E-state index in [4.69, 9.17) is 5.73 Å². The monoisotopic (exact) mass is 249 g/mol. The average molecular weight is 249 g/mol. The van der Waals surface area contributed by atoms with Crippen molar-refractivity contribution in [2.75, 3.05) is 5.73 Å². The van der Waals surface area contributed by atoms with Gasteiger partial charge < -0.3 is 5.73 Å². The van der Waals surface area contributed by atoms with E-state index in [1.807, 2.05) is 42.5 Å². The zero-order valence-electron chi connectivity index (χ0n) is 10.6. The van der Waals surface area contributed by atoms with Crippen LogP contribution in [0.2, 0.25) is 0 Å². The Morgan fingerprint density at radius 3 is 2.63 bits per heavy atom. The van der Waals surface area contributed by atoms with E-state index in [0.717, 1.165) is 35.5 Å². The molecule has 3 nitrogen and oxygen atoms in total. The van der Waals surface area contributed by atoms with Crippen molar-refractivity contribution in [3.8, 4) is 11.3 Å². The molecule has 0 saturated carbocycles. The summed E-state index contributed by atoms with van der Waals surface area (Å²) >= 11 is 0. The summed E-state index contributed by atoms with van der Waals surface area (Å²) in [6, 6.07) is 11.9. The molecule has 94 valence electrons. The fourth-order valence-electron chi connectivity index (χ4n) is 2.16. The van der Waals surface area contributed by atoms with Gasteiger partial charge in [-0.3, -0.25) is 0 Å². The third-order valence-corrected chi connectivity index (χ3v) is 3.12. The van der Waals surface area contributed by atoms with Crippen LogP contribution in [0.3, 0.4) is 0 Å². The van der Waals surface area contributed by atoms with Gasteiger partial charge in [-0.25, -0.2) is 9.97 Å². The van der Waals surface area contributed by atoms with Crippen LogP contribution in [0.25, 0.3) is 16.8 Å². The Kier molecular flexibility index (Phi) is 3.11. The highest BCUT2D eigenvalue weighted by molar-refractivity contribution is 5.68. The summed E-state index contributed by atoms with van der Waals surface area (Å²) < 4.78 is 0. The molecule has 0 amide bonds. The first-order chi connectivity index (χ1) is 9.33. The minimum atomic E-state index is 0.513. The molecule has 0 unspecified atom stereocenters. The van der Waals surface area contributed by atoms with E-state index >= 15 is 0 Å². The van der Waals surface area contributed by atoms with Gasteiger partial charge in [0.2, 0.25) is 0 Å². The molecule has 0 saturated heterocycles. The molecular formula is C16H15N3. The van der Waals surface area contributed by atoms with Crippen LogP contribution in [-0.4, -0.2) is 9.97 Å². The topological polar surface area (TPSA) is 51.8 Å². The van der Waals surface area contributed by atoms with E-state index in [0.29, 0.717) is 5.82 Å². The summed E-state index contributed by atoms with van der Waals surface area (Å²) in [5.74, 6) is 1.25. The molecule has 19 heavy (non-hydrogen) atoms. The number of nitrogens with zero attached hydrogens (tertiary/aromatic N) is 2. The molecule has 0 aliphatic heterocycles. The zero-order chi connectivity index (χ0) is 13.1. The Labute approximate surface area is 112 Å². The summed E-state index contributed by atoms with van der Waals surface area (Å²) in [6.45, 7) is 0. The van der Waals surface area contributed by atoms with Gasteiger partial charge in [0.1, 0.15) is 5.82 Å².